The summed E-state index contributed by atoms with van der Waals surface area (Å²) in [5.41, 5.74) is 1.18. The van der Waals surface area contributed by atoms with Crippen molar-refractivity contribution >= 4 is 23.4 Å². The van der Waals surface area contributed by atoms with Gasteiger partial charge in [-0.3, -0.25) is 14.4 Å². The van der Waals surface area contributed by atoms with Gasteiger partial charge in [0.1, 0.15) is 18.2 Å². The van der Waals surface area contributed by atoms with E-state index in [0.29, 0.717) is 62.5 Å². The zero-order chi connectivity index (χ0) is 42.2. The van der Waals surface area contributed by atoms with Crippen LogP contribution in [0.5, 0.6) is 0 Å². The van der Waals surface area contributed by atoms with Crippen LogP contribution in [0.15, 0.2) is 36.0 Å². The number of amides is 1. The second-order valence-electron chi connectivity index (χ2n) is 17.3. The molecule has 1 saturated carbocycles. The molecule has 57 heavy (non-hydrogen) atoms. The Kier molecular flexibility index (Phi) is 17.2. The first-order valence-electron chi connectivity index (χ1n) is 20.9. The van der Waals surface area contributed by atoms with Gasteiger partial charge in [0, 0.05) is 46.1 Å². The zero-order valence-electron chi connectivity index (χ0n) is 35.4. The Morgan fingerprint density at radius 1 is 0.912 bits per heavy atom. The van der Waals surface area contributed by atoms with E-state index in [0.717, 1.165) is 0 Å². The van der Waals surface area contributed by atoms with Crippen molar-refractivity contribution in [1.29, 1.82) is 0 Å². The first kappa shape index (κ1) is 46.9. The van der Waals surface area contributed by atoms with Crippen LogP contribution in [0, 0.1) is 29.6 Å². The second-order valence-corrected chi connectivity index (χ2v) is 17.3. The van der Waals surface area contributed by atoms with Crippen LogP contribution < -0.4 is 0 Å². The number of fused-ring (bicyclic) bond motifs is 3. The van der Waals surface area contributed by atoms with Crippen molar-refractivity contribution in [3.05, 3.63) is 36.0 Å². The van der Waals surface area contributed by atoms with Gasteiger partial charge in [-0.25, -0.2) is 4.79 Å². The normalized spacial score (nSPS) is 40.1. The molecule has 0 aromatic heterocycles. The number of carbonyl (C=O) groups excluding carboxylic acids is 4. The number of aliphatic hydroxyl groups excluding tert-OH is 2. The Balaban J connectivity index is 1.78. The second kappa shape index (κ2) is 21.0. The van der Waals surface area contributed by atoms with Gasteiger partial charge in [-0.1, -0.05) is 45.9 Å². The molecular weight excluding hydrogens is 734 g/mol. The SMILES string of the molecule is C=CCC1=CC(C)CC(C)CC(OC)C2O[C@@](O)(C(=O)C(=O)N3CCCC[C@H]3C(=O)OC(C(C)=C[C@@H]3CCC(O)[C@H](OC)C3)C(C)C(O)CC1=O)[C@H](C)C[C@@H]2OC. The van der Waals surface area contributed by atoms with E-state index in [4.69, 9.17) is 23.7 Å². The van der Waals surface area contributed by atoms with Crippen molar-refractivity contribution < 1.29 is 58.2 Å². The molecule has 1 amide bonds. The first-order chi connectivity index (χ1) is 27.0. The Hall–Kier alpha value is -2.78. The Morgan fingerprint density at radius 3 is 2.23 bits per heavy atom. The summed E-state index contributed by atoms with van der Waals surface area (Å²) in [6, 6.07) is -1.14. The summed E-state index contributed by atoms with van der Waals surface area (Å²) in [4.78, 5) is 57.8. The molecule has 2 bridgehead atoms. The number of hydrogen-bond acceptors (Lipinski definition) is 12. The number of piperidine rings is 1. The van der Waals surface area contributed by atoms with E-state index in [-0.39, 0.29) is 55.4 Å². The molecule has 14 atom stereocenters. The third-order valence-corrected chi connectivity index (χ3v) is 12.8. The van der Waals surface area contributed by atoms with Crippen molar-refractivity contribution in [2.24, 2.45) is 29.6 Å². The van der Waals surface area contributed by atoms with Crippen LogP contribution in [0.2, 0.25) is 0 Å². The van der Waals surface area contributed by atoms with Gasteiger partial charge in [0.2, 0.25) is 5.79 Å². The number of ketones is 2. The van der Waals surface area contributed by atoms with Crippen LogP contribution in [0.1, 0.15) is 105 Å². The predicted molar refractivity (Wildman–Crippen MR) is 213 cm³/mol. The van der Waals surface area contributed by atoms with Crippen LogP contribution in [-0.4, -0.2) is 126 Å². The third kappa shape index (κ3) is 11.3. The van der Waals surface area contributed by atoms with E-state index in [2.05, 4.69) is 13.5 Å². The van der Waals surface area contributed by atoms with Crippen molar-refractivity contribution in [1.82, 2.24) is 4.90 Å². The van der Waals surface area contributed by atoms with Crippen molar-refractivity contribution in [2.75, 3.05) is 27.9 Å². The van der Waals surface area contributed by atoms with Gasteiger partial charge >= 0.3 is 5.97 Å². The number of allylic oxidation sites excluding steroid dienone is 4. The minimum Gasteiger partial charge on any atom is -0.456 e. The van der Waals surface area contributed by atoms with Crippen molar-refractivity contribution in [3.63, 3.8) is 0 Å². The molecule has 0 aromatic carbocycles. The van der Waals surface area contributed by atoms with E-state index in [1.807, 2.05) is 26.0 Å². The fourth-order valence-corrected chi connectivity index (χ4v) is 9.44. The molecule has 4 aliphatic rings. The first-order valence-corrected chi connectivity index (χ1v) is 20.9. The fourth-order valence-electron chi connectivity index (χ4n) is 9.44. The number of carbonyl (C=O) groups is 4. The van der Waals surface area contributed by atoms with E-state index in [1.54, 1.807) is 27.0 Å². The zero-order valence-corrected chi connectivity index (χ0v) is 35.4. The van der Waals surface area contributed by atoms with Crippen molar-refractivity contribution in [2.45, 2.75) is 160 Å². The summed E-state index contributed by atoms with van der Waals surface area (Å²) in [5.74, 6) is -7.32. The maximum atomic E-state index is 14.3. The maximum Gasteiger partial charge on any atom is 0.329 e. The number of methoxy groups -OCH3 is 3. The van der Waals surface area contributed by atoms with E-state index in [9.17, 15) is 34.5 Å². The molecule has 3 aliphatic heterocycles. The van der Waals surface area contributed by atoms with Gasteiger partial charge in [0.15, 0.2) is 5.78 Å². The molecule has 3 fully saturated rings. The summed E-state index contributed by atoms with van der Waals surface area (Å²) in [5, 5.41) is 34.1. The Labute approximate surface area is 339 Å². The summed E-state index contributed by atoms with van der Waals surface area (Å²) < 4.78 is 29.8. The molecule has 1 aliphatic carbocycles. The number of Topliss-reactive ketones (excluding diaryl/α,β-unsaturated/α-hetero) is 2. The van der Waals surface area contributed by atoms with Crippen molar-refractivity contribution in [3.8, 4) is 0 Å². The molecular formula is C44H69NO12. The van der Waals surface area contributed by atoms with Gasteiger partial charge < -0.3 is 43.9 Å². The molecule has 0 spiro atoms. The highest BCUT2D eigenvalue weighted by Crippen LogP contribution is 2.39. The highest BCUT2D eigenvalue weighted by atomic mass is 16.7. The van der Waals surface area contributed by atoms with Crippen LogP contribution >= 0.6 is 0 Å². The summed E-state index contributed by atoms with van der Waals surface area (Å²) in [6.07, 6.45) is 4.89. The topological polar surface area (TPSA) is 178 Å². The highest BCUT2D eigenvalue weighted by molar-refractivity contribution is 6.39. The lowest BCUT2D eigenvalue weighted by atomic mass is 9.81. The Morgan fingerprint density at radius 2 is 1.58 bits per heavy atom. The minimum atomic E-state index is -2.51. The lowest BCUT2D eigenvalue weighted by Gasteiger charge is -2.47. The molecule has 3 N–H and O–H groups in total. The molecule has 2 saturated heterocycles. The molecule has 3 heterocycles. The highest BCUT2D eigenvalue weighted by Gasteiger charge is 2.56. The number of hydrogen-bond donors (Lipinski definition) is 3. The van der Waals surface area contributed by atoms with Gasteiger partial charge in [-0.15, -0.1) is 6.58 Å². The predicted octanol–water partition coefficient (Wildman–Crippen LogP) is 4.64. The molecule has 8 unspecified atom stereocenters. The third-order valence-electron chi connectivity index (χ3n) is 12.8. The monoisotopic (exact) mass is 803 g/mol. The number of esters is 1. The quantitative estimate of drug-likeness (QED) is 0.185. The maximum absolute atomic E-state index is 14.3. The minimum absolute atomic E-state index is 0.0120. The molecule has 13 heteroatoms. The molecule has 13 nitrogen and oxygen atoms in total. The Bertz CT molecular complexity index is 1480. The van der Waals surface area contributed by atoms with Gasteiger partial charge in [0.25, 0.3) is 11.7 Å². The fraction of sp³-hybridized carbons (Fsp3) is 0.773. The van der Waals surface area contributed by atoms with Gasteiger partial charge in [-0.2, -0.15) is 0 Å². The van der Waals surface area contributed by atoms with E-state index >= 15 is 0 Å². The van der Waals surface area contributed by atoms with Gasteiger partial charge in [0.05, 0.1) is 30.5 Å². The van der Waals surface area contributed by atoms with Gasteiger partial charge in [-0.05, 0) is 100 Å². The molecule has 4 rings (SSSR count). The summed E-state index contributed by atoms with van der Waals surface area (Å²) >= 11 is 0. The average molecular weight is 804 g/mol. The smallest absolute Gasteiger partial charge is 0.329 e. The van der Waals surface area contributed by atoms with Crippen LogP contribution in [0.3, 0.4) is 0 Å². The number of ether oxygens (including phenoxy) is 5. The number of aliphatic hydroxyl groups is 3. The largest absolute Gasteiger partial charge is 0.456 e. The van der Waals surface area contributed by atoms with Crippen LogP contribution in [0.4, 0.5) is 0 Å². The number of rotatable bonds is 7. The number of nitrogens with zero attached hydrogens (tertiary/aromatic N) is 1. The standard InChI is InChI=1S/C44H69NO12/c1-10-13-31-19-25(2)18-26(3)20-37(54-8)40-38(55-9)22-28(5)44(52,57-40)41(49)42(50)45-17-12-11-14-32(45)43(51)56-39(29(6)34(47)24-35(31)48)27(4)21-30-15-16-33(46)36(23-30)53-7/h10,19,21,25-26,28-30,32-34,36-40,46-47,52H,1,11-18,20,22-24H2,2-9H3/t25?,26?,28-,29?,30+,32+,33?,34?,36-,37?,38+,39?,40?,44-/m1/s1. The lowest BCUT2D eigenvalue weighted by Crippen LogP contribution is -2.64. The molecule has 322 valence electrons. The number of cyclic esters (lactones) is 1. The van der Waals surface area contributed by atoms with E-state index in [1.165, 1.54) is 19.1 Å². The molecule has 0 aromatic rings. The lowest BCUT2D eigenvalue weighted by molar-refractivity contribution is -0.302. The summed E-state index contributed by atoms with van der Waals surface area (Å²) in [6.45, 7) is 13.2. The van der Waals surface area contributed by atoms with Crippen LogP contribution in [0.25, 0.3) is 0 Å². The van der Waals surface area contributed by atoms with Crippen LogP contribution in [-0.2, 0) is 42.9 Å². The summed E-state index contributed by atoms with van der Waals surface area (Å²) in [7, 11) is 4.61. The average Bonchev–Trinajstić information content (AvgIpc) is 3.18. The molecule has 0 radical (unpaired) electrons. The van der Waals surface area contributed by atoms with E-state index < -0.39 is 77.9 Å².